The van der Waals surface area contributed by atoms with E-state index in [9.17, 15) is 0 Å². The van der Waals surface area contributed by atoms with Crippen LogP contribution in [0.4, 0.5) is 0 Å². The van der Waals surface area contributed by atoms with Crippen LogP contribution in [0.15, 0.2) is 18.2 Å². The summed E-state index contributed by atoms with van der Waals surface area (Å²) in [5.74, 6) is 0. The third kappa shape index (κ3) is 3.33. The zero-order valence-corrected chi connectivity index (χ0v) is 12.6. The van der Waals surface area contributed by atoms with Crippen molar-refractivity contribution in [3.63, 3.8) is 0 Å². The molecule has 0 bridgehead atoms. The van der Waals surface area contributed by atoms with Crippen molar-refractivity contribution in [3.8, 4) is 0 Å². The van der Waals surface area contributed by atoms with Crippen molar-refractivity contribution in [2.45, 2.75) is 52.6 Å². The van der Waals surface area contributed by atoms with Crippen LogP contribution >= 0.6 is 0 Å². The van der Waals surface area contributed by atoms with Gasteiger partial charge in [0.1, 0.15) is 0 Å². The highest BCUT2D eigenvalue weighted by atomic mass is 15.2. The van der Waals surface area contributed by atoms with Crippen molar-refractivity contribution in [3.05, 3.63) is 34.9 Å². The molecule has 0 unspecified atom stereocenters. The molecule has 0 aliphatic carbocycles. The van der Waals surface area contributed by atoms with Gasteiger partial charge in [-0.15, -0.1) is 0 Å². The van der Waals surface area contributed by atoms with Gasteiger partial charge >= 0.3 is 0 Å². The number of rotatable bonds is 6. The van der Waals surface area contributed by atoms with Gasteiger partial charge in [-0.2, -0.15) is 0 Å². The molecule has 0 amide bonds. The SMILES string of the molecule is CCC(CC)(CN)N(C)Cc1cc(C)cc(C)c1. The Morgan fingerprint density at radius 2 is 1.56 bits per heavy atom. The second-order valence-electron chi connectivity index (χ2n) is 5.49. The Bertz CT molecular complexity index is 352. The number of aryl methyl sites for hydroxylation is 2. The van der Waals surface area contributed by atoms with Gasteiger partial charge < -0.3 is 5.73 Å². The van der Waals surface area contributed by atoms with Crippen molar-refractivity contribution in [1.82, 2.24) is 4.90 Å². The Morgan fingerprint density at radius 1 is 1.06 bits per heavy atom. The fourth-order valence-corrected chi connectivity index (χ4v) is 2.84. The van der Waals surface area contributed by atoms with Gasteiger partial charge in [-0.25, -0.2) is 0 Å². The smallest absolute Gasteiger partial charge is 0.0327 e. The van der Waals surface area contributed by atoms with Gasteiger partial charge in [0.2, 0.25) is 0 Å². The molecule has 0 aliphatic rings. The zero-order chi connectivity index (χ0) is 13.8. The first-order chi connectivity index (χ1) is 8.47. The number of nitrogens with two attached hydrogens (primary N) is 1. The molecule has 0 aliphatic heterocycles. The van der Waals surface area contributed by atoms with Crippen LogP contribution in [0.3, 0.4) is 0 Å². The Morgan fingerprint density at radius 3 is 1.94 bits per heavy atom. The maximum absolute atomic E-state index is 6.00. The molecule has 1 aromatic carbocycles. The molecule has 0 saturated heterocycles. The Hall–Kier alpha value is -0.860. The van der Waals surface area contributed by atoms with Crippen molar-refractivity contribution in [1.29, 1.82) is 0 Å². The predicted molar refractivity (Wildman–Crippen MR) is 79.8 cm³/mol. The molecule has 2 N–H and O–H groups in total. The second-order valence-corrected chi connectivity index (χ2v) is 5.49. The molecule has 18 heavy (non-hydrogen) atoms. The average Bonchev–Trinajstić information content (AvgIpc) is 2.30. The minimum atomic E-state index is 0.137. The Balaban J connectivity index is 2.88. The van der Waals surface area contributed by atoms with Crippen LogP contribution in [0.1, 0.15) is 43.4 Å². The van der Waals surface area contributed by atoms with E-state index in [1.54, 1.807) is 0 Å². The molecule has 0 radical (unpaired) electrons. The summed E-state index contributed by atoms with van der Waals surface area (Å²) in [6, 6.07) is 6.77. The summed E-state index contributed by atoms with van der Waals surface area (Å²) in [6.07, 6.45) is 2.20. The first-order valence-corrected chi connectivity index (χ1v) is 6.96. The predicted octanol–water partition coefficient (Wildman–Crippen LogP) is 3.25. The quantitative estimate of drug-likeness (QED) is 0.837. The molecule has 0 spiro atoms. The monoisotopic (exact) mass is 248 g/mol. The molecule has 0 fully saturated rings. The highest BCUT2D eigenvalue weighted by molar-refractivity contribution is 5.28. The summed E-state index contributed by atoms with van der Waals surface area (Å²) in [7, 11) is 2.19. The maximum atomic E-state index is 6.00. The highest BCUT2D eigenvalue weighted by Crippen LogP contribution is 2.23. The van der Waals surface area contributed by atoms with Crippen LogP contribution in [0.5, 0.6) is 0 Å². The van der Waals surface area contributed by atoms with Crippen LogP contribution in [-0.2, 0) is 6.54 Å². The van der Waals surface area contributed by atoms with Crippen LogP contribution < -0.4 is 5.73 Å². The van der Waals surface area contributed by atoms with E-state index in [-0.39, 0.29) is 5.54 Å². The topological polar surface area (TPSA) is 29.3 Å². The van der Waals surface area contributed by atoms with Gasteiger partial charge in [-0.05, 0) is 39.3 Å². The van der Waals surface area contributed by atoms with Crippen molar-refractivity contribution in [2.75, 3.05) is 13.6 Å². The minimum Gasteiger partial charge on any atom is -0.329 e. The summed E-state index contributed by atoms with van der Waals surface area (Å²) >= 11 is 0. The van der Waals surface area contributed by atoms with E-state index in [0.717, 1.165) is 25.9 Å². The number of nitrogens with zero attached hydrogens (tertiary/aromatic N) is 1. The van der Waals surface area contributed by atoms with Crippen LogP contribution in [0, 0.1) is 13.8 Å². The Kier molecular flexibility index (Phi) is 5.36. The summed E-state index contributed by atoms with van der Waals surface area (Å²) < 4.78 is 0. The third-order valence-corrected chi connectivity index (χ3v) is 4.21. The van der Waals surface area contributed by atoms with Crippen LogP contribution in [0.2, 0.25) is 0 Å². The minimum absolute atomic E-state index is 0.137. The lowest BCUT2D eigenvalue weighted by molar-refractivity contribution is 0.108. The molecular weight excluding hydrogens is 220 g/mol. The first-order valence-electron chi connectivity index (χ1n) is 6.96. The van der Waals surface area contributed by atoms with Crippen LogP contribution in [-0.4, -0.2) is 24.0 Å². The summed E-state index contributed by atoms with van der Waals surface area (Å²) in [6.45, 7) is 10.5. The average molecular weight is 248 g/mol. The van der Waals surface area contributed by atoms with E-state index in [4.69, 9.17) is 5.73 Å². The normalized spacial score (nSPS) is 12.2. The lowest BCUT2D eigenvalue weighted by atomic mass is 9.90. The van der Waals surface area contributed by atoms with Crippen molar-refractivity contribution in [2.24, 2.45) is 5.73 Å². The summed E-state index contributed by atoms with van der Waals surface area (Å²) in [4.78, 5) is 2.42. The van der Waals surface area contributed by atoms with Gasteiger partial charge in [0.25, 0.3) is 0 Å². The van der Waals surface area contributed by atoms with E-state index in [2.05, 4.69) is 57.8 Å². The van der Waals surface area contributed by atoms with E-state index in [1.807, 2.05) is 0 Å². The van der Waals surface area contributed by atoms with Crippen molar-refractivity contribution >= 4 is 0 Å². The van der Waals surface area contributed by atoms with E-state index in [0.29, 0.717) is 0 Å². The zero-order valence-electron chi connectivity index (χ0n) is 12.6. The molecule has 0 heterocycles. The lowest BCUT2D eigenvalue weighted by Gasteiger charge is -2.40. The van der Waals surface area contributed by atoms with Gasteiger partial charge in [0.05, 0.1) is 0 Å². The third-order valence-electron chi connectivity index (χ3n) is 4.21. The van der Waals surface area contributed by atoms with Crippen molar-refractivity contribution < 1.29 is 0 Å². The summed E-state index contributed by atoms with van der Waals surface area (Å²) in [5, 5.41) is 0. The molecule has 0 aromatic heterocycles. The summed E-state index contributed by atoms with van der Waals surface area (Å²) in [5.41, 5.74) is 10.2. The fraction of sp³-hybridized carbons (Fsp3) is 0.625. The highest BCUT2D eigenvalue weighted by Gasteiger charge is 2.29. The molecular formula is C16H28N2. The number of likely N-dealkylation sites (N-methyl/N-ethyl adjacent to an activating group) is 1. The molecule has 2 nitrogen and oxygen atoms in total. The maximum Gasteiger partial charge on any atom is 0.0327 e. The molecule has 102 valence electrons. The van der Waals surface area contributed by atoms with E-state index < -0.39 is 0 Å². The van der Waals surface area contributed by atoms with Crippen LogP contribution in [0.25, 0.3) is 0 Å². The van der Waals surface area contributed by atoms with Gasteiger partial charge in [-0.3, -0.25) is 4.90 Å². The largest absolute Gasteiger partial charge is 0.329 e. The standard InChI is InChI=1S/C16H28N2/c1-6-16(7-2,12-17)18(5)11-15-9-13(3)8-14(4)10-15/h8-10H,6-7,11-12,17H2,1-5H3. The van der Waals surface area contributed by atoms with E-state index in [1.165, 1.54) is 16.7 Å². The number of benzene rings is 1. The van der Waals surface area contributed by atoms with E-state index >= 15 is 0 Å². The Labute approximate surface area is 112 Å². The molecule has 1 rings (SSSR count). The first kappa shape index (κ1) is 15.2. The molecule has 0 atom stereocenters. The number of hydrogen-bond acceptors (Lipinski definition) is 2. The fourth-order valence-electron chi connectivity index (χ4n) is 2.84. The molecule has 0 saturated carbocycles. The lowest BCUT2D eigenvalue weighted by Crippen LogP contribution is -2.50. The van der Waals surface area contributed by atoms with Gasteiger partial charge in [0, 0.05) is 18.6 Å². The van der Waals surface area contributed by atoms with Gasteiger partial charge in [0.15, 0.2) is 0 Å². The second kappa shape index (κ2) is 6.35. The molecule has 1 aromatic rings. The number of hydrogen-bond donors (Lipinski definition) is 1. The molecule has 2 heteroatoms. The van der Waals surface area contributed by atoms with Gasteiger partial charge in [-0.1, -0.05) is 43.2 Å².